The van der Waals surface area contributed by atoms with Crippen molar-refractivity contribution in [2.75, 3.05) is 12.9 Å². The van der Waals surface area contributed by atoms with Crippen molar-refractivity contribution in [2.24, 2.45) is 0 Å². The van der Waals surface area contributed by atoms with E-state index in [2.05, 4.69) is 43.1 Å². The van der Waals surface area contributed by atoms with Gasteiger partial charge in [-0.05, 0) is 56.6 Å². The average molecular weight is 265 g/mol. The zero-order valence-electron chi connectivity index (χ0n) is 11.5. The lowest BCUT2D eigenvalue weighted by atomic mass is 10.0. The van der Waals surface area contributed by atoms with Crippen LogP contribution in [-0.2, 0) is 6.42 Å². The number of hydrogen-bond donors (Lipinski definition) is 1. The summed E-state index contributed by atoms with van der Waals surface area (Å²) in [5, 5.41) is 3.72. The van der Waals surface area contributed by atoms with Crippen LogP contribution in [0.1, 0.15) is 32.3 Å². The summed E-state index contributed by atoms with van der Waals surface area (Å²) >= 11 is 2.06. The Morgan fingerprint density at radius 1 is 1.39 bits per heavy atom. The van der Waals surface area contributed by atoms with E-state index < -0.39 is 0 Å². The molecule has 0 amide bonds. The second-order valence-corrected chi connectivity index (χ2v) is 6.86. The van der Waals surface area contributed by atoms with Crippen LogP contribution in [0.4, 0.5) is 0 Å². The number of nitrogens with one attached hydrogen (secondary N) is 1. The summed E-state index contributed by atoms with van der Waals surface area (Å²) in [7, 11) is 1.71. The summed E-state index contributed by atoms with van der Waals surface area (Å²) < 4.78 is 5.18. The molecule has 0 aliphatic carbocycles. The molecule has 2 rings (SSSR count). The van der Waals surface area contributed by atoms with Crippen LogP contribution in [0.3, 0.4) is 0 Å². The van der Waals surface area contributed by atoms with Crippen molar-refractivity contribution in [1.29, 1.82) is 0 Å². The van der Waals surface area contributed by atoms with Gasteiger partial charge in [-0.25, -0.2) is 0 Å². The number of aryl methyl sites for hydroxylation is 1. The van der Waals surface area contributed by atoms with Crippen LogP contribution in [0.25, 0.3) is 0 Å². The fourth-order valence-electron chi connectivity index (χ4n) is 2.42. The van der Waals surface area contributed by atoms with Gasteiger partial charge in [-0.1, -0.05) is 12.1 Å². The molecule has 1 aromatic rings. The molecule has 1 saturated heterocycles. The summed E-state index contributed by atoms with van der Waals surface area (Å²) in [6.45, 7) is 4.61. The average Bonchev–Trinajstić information content (AvgIpc) is 2.37. The van der Waals surface area contributed by atoms with Crippen LogP contribution in [0.2, 0.25) is 0 Å². The predicted octanol–water partition coefficient (Wildman–Crippen LogP) is 3.46. The molecule has 0 aromatic heterocycles. The quantitative estimate of drug-likeness (QED) is 0.901. The van der Waals surface area contributed by atoms with Gasteiger partial charge in [0.15, 0.2) is 0 Å². The van der Waals surface area contributed by atoms with Gasteiger partial charge in [-0.3, -0.25) is 0 Å². The highest BCUT2D eigenvalue weighted by atomic mass is 32.2. The van der Waals surface area contributed by atoms with Crippen LogP contribution in [0.5, 0.6) is 5.75 Å². The molecule has 3 heteroatoms. The molecule has 1 fully saturated rings. The molecule has 0 saturated carbocycles. The molecule has 18 heavy (non-hydrogen) atoms. The highest BCUT2D eigenvalue weighted by Gasteiger charge is 2.29. The van der Waals surface area contributed by atoms with E-state index in [0.29, 0.717) is 6.04 Å². The maximum absolute atomic E-state index is 5.18. The van der Waals surface area contributed by atoms with Gasteiger partial charge >= 0.3 is 0 Å². The smallest absolute Gasteiger partial charge is 0.118 e. The Labute approximate surface area is 114 Å². The Bertz CT molecular complexity index is 379. The fraction of sp³-hybridized carbons (Fsp3) is 0.600. The third-order valence-electron chi connectivity index (χ3n) is 3.57. The van der Waals surface area contributed by atoms with Gasteiger partial charge in [-0.2, -0.15) is 0 Å². The van der Waals surface area contributed by atoms with Gasteiger partial charge < -0.3 is 10.1 Å². The maximum Gasteiger partial charge on any atom is 0.118 e. The molecule has 2 atom stereocenters. The van der Waals surface area contributed by atoms with Crippen molar-refractivity contribution in [2.45, 2.75) is 44.0 Å². The van der Waals surface area contributed by atoms with Crippen LogP contribution in [0, 0.1) is 0 Å². The standard InChI is InChI=1S/C15H23NOS/c1-12-9-11-18-15(2,16-12)10-8-13-4-6-14(17-3)7-5-13/h4-7,12,16H,8-11H2,1-3H3. The summed E-state index contributed by atoms with van der Waals surface area (Å²) in [6.07, 6.45) is 3.57. The molecule has 1 N–H and O–H groups in total. The molecule has 1 heterocycles. The monoisotopic (exact) mass is 265 g/mol. The first-order chi connectivity index (χ1) is 8.61. The topological polar surface area (TPSA) is 21.3 Å². The highest BCUT2D eigenvalue weighted by Crippen LogP contribution is 2.32. The zero-order valence-corrected chi connectivity index (χ0v) is 12.3. The van der Waals surface area contributed by atoms with Crippen LogP contribution in [-0.4, -0.2) is 23.8 Å². The normalized spacial score (nSPS) is 28.1. The molecule has 1 aromatic carbocycles. The Kier molecular flexibility index (Phi) is 4.57. The van der Waals surface area contributed by atoms with Crippen LogP contribution >= 0.6 is 11.8 Å². The Hall–Kier alpha value is -0.670. The molecule has 1 aliphatic rings. The number of ether oxygens (including phenoxy) is 1. The highest BCUT2D eigenvalue weighted by molar-refractivity contribution is 8.00. The molecule has 100 valence electrons. The van der Waals surface area contributed by atoms with Crippen molar-refractivity contribution in [3.05, 3.63) is 29.8 Å². The van der Waals surface area contributed by atoms with Gasteiger partial charge in [0.25, 0.3) is 0 Å². The number of hydrogen-bond acceptors (Lipinski definition) is 3. The molecular formula is C15H23NOS. The van der Waals surface area contributed by atoms with E-state index in [-0.39, 0.29) is 4.87 Å². The minimum Gasteiger partial charge on any atom is -0.497 e. The lowest BCUT2D eigenvalue weighted by Gasteiger charge is -2.38. The molecule has 0 bridgehead atoms. The van der Waals surface area contributed by atoms with E-state index in [1.165, 1.54) is 24.2 Å². The fourth-order valence-corrected chi connectivity index (χ4v) is 3.87. The number of rotatable bonds is 4. The van der Waals surface area contributed by atoms with Crippen molar-refractivity contribution in [3.63, 3.8) is 0 Å². The summed E-state index contributed by atoms with van der Waals surface area (Å²) in [6, 6.07) is 9.06. The minimum absolute atomic E-state index is 0.234. The van der Waals surface area contributed by atoms with Gasteiger partial charge in [0, 0.05) is 6.04 Å². The van der Waals surface area contributed by atoms with Crippen LogP contribution < -0.4 is 10.1 Å². The molecule has 1 aliphatic heterocycles. The van der Waals surface area contributed by atoms with Gasteiger partial charge in [0.05, 0.1) is 12.0 Å². The van der Waals surface area contributed by atoms with Gasteiger partial charge in [0.1, 0.15) is 5.75 Å². The molecular weight excluding hydrogens is 242 g/mol. The maximum atomic E-state index is 5.18. The lowest BCUT2D eigenvalue weighted by molar-refractivity contribution is 0.390. The van der Waals surface area contributed by atoms with E-state index in [0.717, 1.165) is 12.2 Å². The third-order valence-corrected chi connectivity index (χ3v) is 4.97. The Morgan fingerprint density at radius 3 is 2.72 bits per heavy atom. The first-order valence-corrected chi connectivity index (χ1v) is 7.64. The van der Waals surface area contributed by atoms with E-state index in [1.54, 1.807) is 7.11 Å². The second kappa shape index (κ2) is 5.98. The minimum atomic E-state index is 0.234. The molecule has 2 nitrogen and oxygen atoms in total. The first kappa shape index (κ1) is 13.8. The lowest BCUT2D eigenvalue weighted by Crippen LogP contribution is -2.48. The summed E-state index contributed by atoms with van der Waals surface area (Å²) in [5.74, 6) is 2.21. The molecule has 0 radical (unpaired) electrons. The Balaban J connectivity index is 1.89. The summed E-state index contributed by atoms with van der Waals surface area (Å²) in [5.41, 5.74) is 1.39. The van der Waals surface area contributed by atoms with E-state index >= 15 is 0 Å². The SMILES string of the molecule is COc1ccc(CCC2(C)NC(C)CCS2)cc1. The van der Waals surface area contributed by atoms with Crippen molar-refractivity contribution >= 4 is 11.8 Å². The van der Waals surface area contributed by atoms with E-state index in [9.17, 15) is 0 Å². The van der Waals surface area contributed by atoms with E-state index in [1.807, 2.05) is 12.1 Å². The summed E-state index contributed by atoms with van der Waals surface area (Å²) in [4.78, 5) is 0.234. The zero-order chi connectivity index (χ0) is 13.0. The third kappa shape index (κ3) is 3.66. The van der Waals surface area contributed by atoms with Crippen molar-refractivity contribution in [3.8, 4) is 5.75 Å². The number of benzene rings is 1. The number of methoxy groups -OCH3 is 1. The first-order valence-electron chi connectivity index (χ1n) is 6.66. The predicted molar refractivity (Wildman–Crippen MR) is 79.4 cm³/mol. The number of thioether (sulfide) groups is 1. The molecule has 2 unspecified atom stereocenters. The molecule has 0 spiro atoms. The Morgan fingerprint density at radius 2 is 2.11 bits per heavy atom. The largest absolute Gasteiger partial charge is 0.497 e. The van der Waals surface area contributed by atoms with E-state index in [4.69, 9.17) is 4.74 Å². The van der Waals surface area contributed by atoms with Crippen molar-refractivity contribution in [1.82, 2.24) is 5.32 Å². The van der Waals surface area contributed by atoms with Crippen LogP contribution in [0.15, 0.2) is 24.3 Å². The van der Waals surface area contributed by atoms with Crippen molar-refractivity contribution < 1.29 is 4.74 Å². The second-order valence-electron chi connectivity index (χ2n) is 5.26. The van der Waals surface area contributed by atoms with Gasteiger partial charge in [0.2, 0.25) is 0 Å². The van der Waals surface area contributed by atoms with Gasteiger partial charge in [-0.15, -0.1) is 11.8 Å².